The van der Waals surface area contributed by atoms with Gasteiger partial charge in [0, 0.05) is 31.7 Å². The fourth-order valence-electron chi connectivity index (χ4n) is 2.62. The molecule has 0 saturated carbocycles. The van der Waals surface area contributed by atoms with Gasteiger partial charge in [-0.1, -0.05) is 30.3 Å². The van der Waals surface area contributed by atoms with Crippen molar-refractivity contribution in [2.75, 3.05) is 26.4 Å². The molecule has 2 aromatic carbocycles. The standard InChI is InChI=1S/C22H27N3O4S/c1-2-28-14-15-29-19-10-8-18(9-11-19)21(27)24-22(30)25(13-12-20(23)26)16-17-6-4-3-5-7-17/h3-11H,2,12-16H2,1H3,(H2,23,26)(H,24,27,30). The molecule has 2 amide bonds. The number of ether oxygens (including phenoxy) is 2. The number of benzene rings is 2. The predicted octanol–water partition coefficient (Wildman–Crippen LogP) is 2.49. The van der Waals surface area contributed by atoms with Gasteiger partial charge in [-0.25, -0.2) is 0 Å². The van der Waals surface area contributed by atoms with Crippen LogP contribution in [0.25, 0.3) is 0 Å². The molecular formula is C22H27N3O4S. The largest absolute Gasteiger partial charge is 0.491 e. The van der Waals surface area contributed by atoms with E-state index in [1.165, 1.54) is 0 Å². The van der Waals surface area contributed by atoms with Gasteiger partial charge < -0.3 is 20.1 Å². The molecule has 0 saturated heterocycles. The SMILES string of the molecule is CCOCCOc1ccc(C(=O)NC(=S)N(CCC(N)=O)Cc2ccccc2)cc1. The van der Waals surface area contributed by atoms with Gasteiger partial charge >= 0.3 is 0 Å². The highest BCUT2D eigenvalue weighted by Crippen LogP contribution is 2.13. The summed E-state index contributed by atoms with van der Waals surface area (Å²) in [6.45, 7) is 4.29. The zero-order valence-corrected chi connectivity index (χ0v) is 17.8. The number of rotatable bonds is 11. The molecule has 0 bridgehead atoms. The zero-order chi connectivity index (χ0) is 21.8. The number of hydrogen-bond donors (Lipinski definition) is 2. The molecule has 0 fully saturated rings. The van der Waals surface area contributed by atoms with Gasteiger partial charge in [-0.2, -0.15) is 0 Å². The Bertz CT molecular complexity index is 828. The molecule has 0 atom stereocenters. The minimum absolute atomic E-state index is 0.136. The molecule has 30 heavy (non-hydrogen) atoms. The van der Waals surface area contributed by atoms with Crippen LogP contribution in [0.4, 0.5) is 0 Å². The lowest BCUT2D eigenvalue weighted by atomic mass is 10.2. The van der Waals surface area contributed by atoms with Crippen LogP contribution in [-0.4, -0.2) is 48.2 Å². The zero-order valence-electron chi connectivity index (χ0n) is 17.0. The molecule has 7 nitrogen and oxygen atoms in total. The number of amides is 2. The molecule has 0 aliphatic rings. The van der Waals surface area contributed by atoms with Crippen LogP contribution in [0.15, 0.2) is 54.6 Å². The number of carbonyl (C=O) groups is 2. The number of primary amides is 1. The van der Waals surface area contributed by atoms with Crippen molar-refractivity contribution in [1.82, 2.24) is 10.2 Å². The van der Waals surface area contributed by atoms with E-state index in [2.05, 4.69) is 5.32 Å². The maximum atomic E-state index is 12.6. The molecule has 3 N–H and O–H groups in total. The molecule has 0 unspecified atom stereocenters. The minimum Gasteiger partial charge on any atom is -0.491 e. The minimum atomic E-state index is -0.429. The summed E-state index contributed by atoms with van der Waals surface area (Å²) in [6, 6.07) is 16.4. The van der Waals surface area contributed by atoms with E-state index in [0.717, 1.165) is 5.56 Å². The fraction of sp³-hybridized carbons (Fsp3) is 0.318. The van der Waals surface area contributed by atoms with E-state index >= 15 is 0 Å². The lowest BCUT2D eigenvalue weighted by Gasteiger charge is -2.25. The van der Waals surface area contributed by atoms with Gasteiger partial charge in [0.1, 0.15) is 12.4 Å². The van der Waals surface area contributed by atoms with E-state index in [4.69, 9.17) is 27.4 Å². The van der Waals surface area contributed by atoms with E-state index in [1.807, 2.05) is 37.3 Å². The Morgan fingerprint density at radius 2 is 1.77 bits per heavy atom. The van der Waals surface area contributed by atoms with Gasteiger partial charge in [0.05, 0.1) is 6.61 Å². The van der Waals surface area contributed by atoms with Gasteiger partial charge in [-0.15, -0.1) is 0 Å². The van der Waals surface area contributed by atoms with Crippen LogP contribution in [0.1, 0.15) is 29.3 Å². The highest BCUT2D eigenvalue weighted by molar-refractivity contribution is 7.80. The van der Waals surface area contributed by atoms with E-state index in [-0.39, 0.29) is 17.4 Å². The summed E-state index contributed by atoms with van der Waals surface area (Å²) in [5.41, 5.74) is 6.73. The fourth-order valence-corrected chi connectivity index (χ4v) is 2.86. The molecule has 0 spiro atoms. The molecule has 8 heteroatoms. The van der Waals surface area contributed by atoms with Crippen LogP contribution in [0.3, 0.4) is 0 Å². The maximum absolute atomic E-state index is 12.6. The van der Waals surface area contributed by atoms with Gasteiger partial charge in [0.25, 0.3) is 5.91 Å². The molecule has 0 heterocycles. The number of hydrogen-bond acceptors (Lipinski definition) is 5. The summed E-state index contributed by atoms with van der Waals surface area (Å²) in [4.78, 5) is 25.5. The topological polar surface area (TPSA) is 93.9 Å². The smallest absolute Gasteiger partial charge is 0.257 e. The summed E-state index contributed by atoms with van der Waals surface area (Å²) in [5, 5.41) is 2.96. The summed E-state index contributed by atoms with van der Waals surface area (Å²) < 4.78 is 10.8. The van der Waals surface area contributed by atoms with E-state index in [0.29, 0.717) is 44.2 Å². The third-order valence-electron chi connectivity index (χ3n) is 4.17. The average Bonchev–Trinajstić information content (AvgIpc) is 2.75. The van der Waals surface area contributed by atoms with E-state index in [1.54, 1.807) is 29.2 Å². The Morgan fingerprint density at radius 3 is 2.40 bits per heavy atom. The first kappa shape index (κ1) is 23.3. The Morgan fingerprint density at radius 1 is 1.07 bits per heavy atom. The van der Waals surface area contributed by atoms with Crippen molar-refractivity contribution in [3.63, 3.8) is 0 Å². The molecule has 0 radical (unpaired) electrons. The number of carbonyl (C=O) groups excluding carboxylic acids is 2. The van der Waals surface area contributed by atoms with Crippen LogP contribution < -0.4 is 15.8 Å². The van der Waals surface area contributed by atoms with E-state index in [9.17, 15) is 9.59 Å². The van der Waals surface area contributed by atoms with Gasteiger partial charge in [-0.05, 0) is 49.0 Å². The second kappa shape index (κ2) is 12.6. The predicted molar refractivity (Wildman–Crippen MR) is 119 cm³/mol. The molecular weight excluding hydrogens is 402 g/mol. The number of thiocarbonyl (C=S) groups is 1. The lowest BCUT2D eigenvalue weighted by Crippen LogP contribution is -2.43. The quantitative estimate of drug-likeness (QED) is 0.421. The van der Waals surface area contributed by atoms with Crippen LogP contribution in [0.5, 0.6) is 5.75 Å². The third-order valence-corrected chi connectivity index (χ3v) is 4.53. The highest BCUT2D eigenvalue weighted by atomic mass is 32.1. The number of nitrogens with one attached hydrogen (secondary N) is 1. The van der Waals surface area contributed by atoms with Crippen molar-refractivity contribution >= 4 is 29.1 Å². The molecule has 0 aromatic heterocycles. The second-order valence-electron chi connectivity index (χ2n) is 6.45. The Balaban J connectivity index is 1.96. The van der Waals surface area contributed by atoms with Crippen molar-refractivity contribution in [2.24, 2.45) is 5.73 Å². The number of nitrogens with zero attached hydrogens (tertiary/aromatic N) is 1. The Hall–Kier alpha value is -2.97. The van der Waals surface area contributed by atoms with Gasteiger partial charge in [0.2, 0.25) is 5.91 Å². The number of nitrogens with two attached hydrogens (primary N) is 1. The molecule has 0 aliphatic carbocycles. The van der Waals surface area contributed by atoms with Crippen molar-refractivity contribution in [3.05, 3.63) is 65.7 Å². The molecule has 160 valence electrons. The summed E-state index contributed by atoms with van der Waals surface area (Å²) in [6.07, 6.45) is 0.136. The van der Waals surface area contributed by atoms with Crippen LogP contribution >= 0.6 is 12.2 Å². The maximum Gasteiger partial charge on any atom is 0.257 e. The first-order valence-electron chi connectivity index (χ1n) is 9.72. The Labute approximate surface area is 182 Å². The lowest BCUT2D eigenvalue weighted by molar-refractivity contribution is -0.118. The van der Waals surface area contributed by atoms with Crippen molar-refractivity contribution in [2.45, 2.75) is 19.9 Å². The van der Waals surface area contributed by atoms with Gasteiger partial charge in [-0.3, -0.25) is 14.9 Å². The third kappa shape index (κ3) is 8.18. The average molecular weight is 430 g/mol. The molecule has 2 rings (SSSR count). The normalized spacial score (nSPS) is 10.3. The molecule has 2 aromatic rings. The van der Waals surface area contributed by atoms with Crippen molar-refractivity contribution < 1.29 is 19.1 Å². The highest BCUT2D eigenvalue weighted by Gasteiger charge is 2.15. The first-order chi connectivity index (χ1) is 14.5. The van der Waals surface area contributed by atoms with Gasteiger partial charge in [0.15, 0.2) is 5.11 Å². The Kier molecular flexibility index (Phi) is 9.76. The van der Waals surface area contributed by atoms with Crippen LogP contribution in [0.2, 0.25) is 0 Å². The monoisotopic (exact) mass is 429 g/mol. The first-order valence-corrected chi connectivity index (χ1v) is 10.1. The summed E-state index contributed by atoms with van der Waals surface area (Å²) >= 11 is 5.41. The van der Waals surface area contributed by atoms with Crippen LogP contribution in [0, 0.1) is 0 Å². The van der Waals surface area contributed by atoms with Crippen molar-refractivity contribution in [3.8, 4) is 5.75 Å². The second-order valence-corrected chi connectivity index (χ2v) is 6.84. The van der Waals surface area contributed by atoms with Crippen LogP contribution in [-0.2, 0) is 16.1 Å². The summed E-state index contributed by atoms with van der Waals surface area (Å²) in [5.74, 6) is -0.110. The molecule has 0 aliphatic heterocycles. The van der Waals surface area contributed by atoms with Crippen molar-refractivity contribution in [1.29, 1.82) is 0 Å². The summed E-state index contributed by atoms with van der Waals surface area (Å²) in [7, 11) is 0. The van der Waals surface area contributed by atoms with E-state index < -0.39 is 5.91 Å².